The van der Waals surface area contributed by atoms with E-state index in [1.165, 1.54) is 0 Å². The van der Waals surface area contributed by atoms with Gasteiger partial charge in [-0.15, -0.1) is 11.3 Å². The molecule has 0 saturated carbocycles. The summed E-state index contributed by atoms with van der Waals surface area (Å²) in [5.74, 6) is 1.02. The second-order valence-corrected chi connectivity index (χ2v) is 9.96. The molecule has 0 bridgehead atoms. The molecule has 0 radical (unpaired) electrons. The Balaban J connectivity index is 1.25. The number of aryl methyl sites for hydroxylation is 1. The van der Waals surface area contributed by atoms with E-state index in [4.69, 9.17) is 4.98 Å². The number of piperidine rings is 1. The first-order valence-electron chi connectivity index (χ1n) is 11.3. The largest absolute Gasteiger partial charge is 0.351 e. The average Bonchev–Trinajstić information content (AvgIpc) is 3.20. The molecule has 1 atom stereocenters. The maximum absolute atomic E-state index is 13.1. The maximum atomic E-state index is 13.1. The zero-order valence-electron chi connectivity index (χ0n) is 18.2. The number of hydrogen-bond acceptors (Lipinski definition) is 4. The highest BCUT2D eigenvalue weighted by Crippen LogP contribution is 2.36. The van der Waals surface area contributed by atoms with Crippen LogP contribution in [-0.2, 0) is 11.2 Å². The Hall–Kier alpha value is -2.99. The first-order chi connectivity index (χ1) is 15.6. The number of aromatic nitrogens is 1. The van der Waals surface area contributed by atoms with Gasteiger partial charge in [-0.2, -0.15) is 0 Å². The molecule has 2 aliphatic rings. The summed E-state index contributed by atoms with van der Waals surface area (Å²) in [5, 5.41) is 4.04. The Morgan fingerprint density at radius 1 is 1.09 bits per heavy atom. The molecule has 0 unspecified atom stereocenters. The van der Waals surface area contributed by atoms with Crippen LogP contribution >= 0.6 is 11.3 Å². The second kappa shape index (κ2) is 8.87. The van der Waals surface area contributed by atoms with Gasteiger partial charge in [-0.25, -0.2) is 4.98 Å². The third-order valence-electron chi connectivity index (χ3n) is 6.71. The lowest BCUT2D eigenvalue weighted by Gasteiger charge is -2.38. The van der Waals surface area contributed by atoms with Gasteiger partial charge in [0.1, 0.15) is 0 Å². The summed E-state index contributed by atoms with van der Waals surface area (Å²) in [4.78, 5) is 33.1. The highest BCUT2D eigenvalue weighted by atomic mass is 32.1. The molecule has 2 aliphatic heterocycles. The Labute approximate surface area is 192 Å². The summed E-state index contributed by atoms with van der Waals surface area (Å²) in [5.41, 5.74) is 3.96. The Bertz CT molecular complexity index is 1130. The summed E-state index contributed by atoms with van der Waals surface area (Å²) < 4.78 is 0. The Morgan fingerprint density at radius 2 is 1.81 bits per heavy atom. The number of thiazole rings is 1. The normalized spacial score (nSPS) is 18.8. The van der Waals surface area contributed by atoms with Crippen molar-refractivity contribution in [1.82, 2.24) is 15.2 Å². The van der Waals surface area contributed by atoms with Gasteiger partial charge >= 0.3 is 0 Å². The lowest BCUT2D eigenvalue weighted by atomic mass is 9.76. The number of fused-ring (bicyclic) bond motifs is 1. The van der Waals surface area contributed by atoms with E-state index in [2.05, 4.69) is 23.5 Å². The standard InChI is InChI=1S/C26H27N3O2S/c1-17-28-25(19-7-3-2-4-8-19)23(32-17)15-24(30)29-13-11-18(12-14-29)22-16-27-26(31)21-10-6-5-9-20(21)22/h2-10,18,22H,11-16H2,1H3,(H,27,31)/t22-/m0/s1. The topological polar surface area (TPSA) is 62.3 Å². The van der Waals surface area contributed by atoms with Gasteiger partial charge in [0.2, 0.25) is 5.91 Å². The minimum atomic E-state index is 0.0264. The van der Waals surface area contributed by atoms with E-state index in [0.29, 0.717) is 24.8 Å². The van der Waals surface area contributed by atoms with Gasteiger partial charge in [0.25, 0.3) is 5.91 Å². The fraction of sp³-hybridized carbons (Fsp3) is 0.346. The second-order valence-electron chi connectivity index (χ2n) is 8.67. The SMILES string of the molecule is Cc1nc(-c2ccccc2)c(CC(=O)N2CCC([C@@H]3CNC(=O)c4ccccc43)CC2)s1. The van der Waals surface area contributed by atoms with Crippen molar-refractivity contribution in [2.45, 2.75) is 32.1 Å². The van der Waals surface area contributed by atoms with E-state index in [-0.39, 0.29) is 11.8 Å². The minimum absolute atomic E-state index is 0.0264. The predicted octanol–water partition coefficient (Wildman–Crippen LogP) is 4.43. The number of nitrogens with one attached hydrogen (secondary N) is 1. The number of rotatable bonds is 4. The first-order valence-corrected chi connectivity index (χ1v) is 12.1. The molecule has 0 aliphatic carbocycles. The van der Waals surface area contributed by atoms with Crippen LogP contribution in [0.15, 0.2) is 54.6 Å². The van der Waals surface area contributed by atoms with Crippen molar-refractivity contribution in [3.63, 3.8) is 0 Å². The van der Waals surface area contributed by atoms with Crippen LogP contribution in [0.2, 0.25) is 0 Å². The number of carbonyl (C=O) groups excluding carboxylic acids is 2. The number of carbonyl (C=O) groups is 2. The monoisotopic (exact) mass is 445 g/mol. The van der Waals surface area contributed by atoms with Crippen molar-refractivity contribution < 1.29 is 9.59 Å². The summed E-state index contributed by atoms with van der Waals surface area (Å²) in [6, 6.07) is 18.1. The van der Waals surface area contributed by atoms with E-state index in [1.54, 1.807) is 11.3 Å². The van der Waals surface area contributed by atoms with Gasteiger partial charge in [0.15, 0.2) is 0 Å². The minimum Gasteiger partial charge on any atom is -0.351 e. The van der Waals surface area contributed by atoms with Crippen LogP contribution in [0, 0.1) is 12.8 Å². The van der Waals surface area contributed by atoms with E-state index in [9.17, 15) is 9.59 Å². The van der Waals surface area contributed by atoms with E-state index >= 15 is 0 Å². The molecule has 3 aromatic rings. The van der Waals surface area contributed by atoms with Crippen molar-refractivity contribution in [3.8, 4) is 11.3 Å². The molecular weight excluding hydrogens is 418 g/mol. The van der Waals surface area contributed by atoms with E-state index < -0.39 is 0 Å². The predicted molar refractivity (Wildman–Crippen MR) is 127 cm³/mol. The number of hydrogen-bond donors (Lipinski definition) is 1. The Kier molecular flexibility index (Phi) is 5.79. The molecule has 3 heterocycles. The quantitative estimate of drug-likeness (QED) is 0.646. The van der Waals surface area contributed by atoms with E-state index in [1.807, 2.05) is 48.2 Å². The van der Waals surface area contributed by atoms with Crippen molar-refractivity contribution in [1.29, 1.82) is 0 Å². The molecule has 6 heteroatoms. The van der Waals surface area contributed by atoms with Gasteiger partial charge in [-0.05, 0) is 37.3 Å². The number of benzene rings is 2. The van der Waals surface area contributed by atoms with Gasteiger partial charge < -0.3 is 10.2 Å². The summed E-state index contributed by atoms with van der Waals surface area (Å²) in [6.45, 7) is 4.23. The third kappa shape index (κ3) is 4.07. The summed E-state index contributed by atoms with van der Waals surface area (Å²) in [7, 11) is 0. The smallest absolute Gasteiger partial charge is 0.251 e. The van der Waals surface area contributed by atoms with Crippen molar-refractivity contribution in [2.24, 2.45) is 5.92 Å². The molecule has 32 heavy (non-hydrogen) atoms. The number of amides is 2. The molecular formula is C26H27N3O2S. The molecule has 2 aromatic carbocycles. The molecule has 0 spiro atoms. The zero-order chi connectivity index (χ0) is 22.1. The summed E-state index contributed by atoms with van der Waals surface area (Å²) >= 11 is 1.62. The highest BCUT2D eigenvalue weighted by Gasteiger charge is 2.34. The van der Waals surface area contributed by atoms with Gasteiger partial charge in [-0.1, -0.05) is 48.5 Å². The van der Waals surface area contributed by atoms with Gasteiger partial charge in [0.05, 0.1) is 17.1 Å². The third-order valence-corrected chi connectivity index (χ3v) is 7.68. The van der Waals surface area contributed by atoms with Crippen LogP contribution < -0.4 is 5.32 Å². The van der Waals surface area contributed by atoms with Crippen LogP contribution in [0.1, 0.15) is 44.6 Å². The molecule has 1 aromatic heterocycles. The van der Waals surface area contributed by atoms with Crippen molar-refractivity contribution in [2.75, 3.05) is 19.6 Å². The fourth-order valence-electron chi connectivity index (χ4n) is 5.07. The van der Waals surface area contributed by atoms with E-state index in [0.717, 1.165) is 58.2 Å². The molecule has 164 valence electrons. The van der Waals surface area contributed by atoms with Gasteiger partial charge in [0, 0.05) is 41.6 Å². The maximum Gasteiger partial charge on any atom is 0.251 e. The molecule has 5 rings (SSSR count). The van der Waals surface area contributed by atoms with Crippen LogP contribution in [0.3, 0.4) is 0 Å². The van der Waals surface area contributed by atoms with Crippen LogP contribution in [0.4, 0.5) is 0 Å². The zero-order valence-corrected chi connectivity index (χ0v) is 19.0. The molecule has 2 amide bonds. The number of nitrogens with zero attached hydrogens (tertiary/aromatic N) is 2. The fourth-order valence-corrected chi connectivity index (χ4v) is 6.02. The lowest BCUT2D eigenvalue weighted by Crippen LogP contribution is -2.44. The lowest BCUT2D eigenvalue weighted by molar-refractivity contribution is -0.131. The van der Waals surface area contributed by atoms with Crippen LogP contribution in [-0.4, -0.2) is 41.3 Å². The van der Waals surface area contributed by atoms with Crippen molar-refractivity contribution >= 4 is 23.2 Å². The Morgan fingerprint density at radius 3 is 2.59 bits per heavy atom. The van der Waals surface area contributed by atoms with Crippen LogP contribution in [0.25, 0.3) is 11.3 Å². The number of likely N-dealkylation sites (tertiary alicyclic amines) is 1. The molecule has 5 nitrogen and oxygen atoms in total. The van der Waals surface area contributed by atoms with Crippen molar-refractivity contribution in [3.05, 3.63) is 75.6 Å². The molecule has 1 N–H and O–H groups in total. The molecule has 1 saturated heterocycles. The molecule has 1 fully saturated rings. The average molecular weight is 446 g/mol. The highest BCUT2D eigenvalue weighted by molar-refractivity contribution is 7.12. The van der Waals surface area contributed by atoms with Gasteiger partial charge in [-0.3, -0.25) is 9.59 Å². The first kappa shape index (κ1) is 20.9. The van der Waals surface area contributed by atoms with Crippen LogP contribution in [0.5, 0.6) is 0 Å². The summed E-state index contributed by atoms with van der Waals surface area (Å²) in [6.07, 6.45) is 2.34.